The van der Waals surface area contributed by atoms with Crippen LogP contribution in [0, 0.1) is 12.8 Å². The predicted octanol–water partition coefficient (Wildman–Crippen LogP) is 11.2. The van der Waals surface area contributed by atoms with Gasteiger partial charge in [-0.1, -0.05) is 94.0 Å². The number of hydrogen-bond donors (Lipinski definition) is 2. The van der Waals surface area contributed by atoms with E-state index >= 15 is 0 Å². The third-order valence-corrected chi connectivity index (χ3v) is 9.79. The van der Waals surface area contributed by atoms with Crippen molar-refractivity contribution in [2.24, 2.45) is 10.9 Å². The van der Waals surface area contributed by atoms with Crippen molar-refractivity contribution in [1.82, 2.24) is 5.32 Å². The molecule has 0 aromatic heterocycles. The number of nitrogens with zero attached hydrogens (tertiary/aromatic N) is 2. The summed E-state index contributed by atoms with van der Waals surface area (Å²) in [5.74, 6) is 0.753. The first-order valence-corrected chi connectivity index (χ1v) is 20.9. The molecule has 5 rings (SSSR count). The van der Waals surface area contributed by atoms with Gasteiger partial charge < -0.3 is 19.7 Å². The van der Waals surface area contributed by atoms with Gasteiger partial charge in [-0.3, -0.25) is 19.9 Å². The van der Waals surface area contributed by atoms with Crippen molar-refractivity contribution in [1.29, 1.82) is 0 Å². The van der Waals surface area contributed by atoms with E-state index in [1.807, 2.05) is 88.5 Å². The number of Topliss-reactive ketones (excluding diaryl/α,β-unsaturated/α-hetero) is 2. The van der Waals surface area contributed by atoms with E-state index in [1.54, 1.807) is 0 Å². The molecule has 0 radical (unpaired) electrons. The Hall–Kier alpha value is -4.63. The second-order valence-corrected chi connectivity index (χ2v) is 14.6. The lowest BCUT2D eigenvalue weighted by Crippen LogP contribution is -2.36. The topological polar surface area (TPSA) is 92.3 Å². The number of ether oxygens (including phenoxy) is 2. The van der Waals surface area contributed by atoms with Crippen LogP contribution in [-0.2, 0) is 9.47 Å². The van der Waals surface area contributed by atoms with Crippen molar-refractivity contribution in [3.63, 3.8) is 0 Å². The number of aliphatic imine (C=N–C) groups is 1. The van der Waals surface area contributed by atoms with Gasteiger partial charge in [-0.05, 0) is 101 Å². The standard InChI is InChI=1S/C21H31N3O.C15H21NO2.C13H16O/c1-5-7-20(21(17(3)4)22-12-6-2)23-18-8-10-19(11-9-18)24-13-15-25-16-14-24;1-12-5-7-13(8-6-12)14(17)9-10-16-15-4-2-3-11-18-15;1-4-10(3)11-7-6-8-12(9-11)13(14)5-2/h6-12,17,23H,5,13-16H2,1-4H3;5-8,15-16H,2-4,9-11H2,1H3;4,6-9H,5H2,1-3H3/b12-6-,20-7-,22-21+;;10-4+. The maximum Gasteiger partial charge on any atom is 0.164 e. The quantitative estimate of drug-likeness (QED) is 0.117. The van der Waals surface area contributed by atoms with E-state index in [0.29, 0.717) is 25.3 Å². The Bertz CT molecular complexity index is 1760. The number of ketones is 2. The van der Waals surface area contributed by atoms with Gasteiger partial charge in [-0.2, -0.15) is 0 Å². The Morgan fingerprint density at radius 2 is 1.60 bits per heavy atom. The smallest absolute Gasteiger partial charge is 0.164 e. The molecule has 1 atom stereocenters. The number of hydrogen-bond acceptors (Lipinski definition) is 8. The molecule has 3 aromatic carbocycles. The van der Waals surface area contributed by atoms with Gasteiger partial charge in [0.2, 0.25) is 0 Å². The van der Waals surface area contributed by atoms with E-state index in [2.05, 4.69) is 84.6 Å². The lowest BCUT2D eigenvalue weighted by molar-refractivity contribution is -0.00483. The summed E-state index contributed by atoms with van der Waals surface area (Å²) in [5, 5.41) is 6.84. The fourth-order valence-electron chi connectivity index (χ4n) is 6.28. The van der Waals surface area contributed by atoms with Gasteiger partial charge in [-0.15, -0.1) is 0 Å². The summed E-state index contributed by atoms with van der Waals surface area (Å²) in [6.07, 6.45) is 13.7. The fourth-order valence-corrected chi connectivity index (χ4v) is 6.28. The molecule has 8 nitrogen and oxygen atoms in total. The van der Waals surface area contributed by atoms with Crippen LogP contribution in [0.1, 0.15) is 119 Å². The van der Waals surface area contributed by atoms with Crippen LogP contribution in [0.4, 0.5) is 11.4 Å². The van der Waals surface area contributed by atoms with E-state index in [1.165, 1.54) is 23.2 Å². The van der Waals surface area contributed by atoms with Crippen molar-refractivity contribution in [3.05, 3.63) is 125 Å². The lowest BCUT2D eigenvalue weighted by atomic mass is 10.0. The van der Waals surface area contributed by atoms with Crippen molar-refractivity contribution < 1.29 is 19.1 Å². The first-order chi connectivity index (χ1) is 27.6. The fraction of sp³-hybridized carbons (Fsp3) is 0.449. The van der Waals surface area contributed by atoms with Gasteiger partial charge in [0.15, 0.2) is 11.6 Å². The molecular weight excluding hydrogens is 709 g/mol. The summed E-state index contributed by atoms with van der Waals surface area (Å²) in [7, 11) is 0. The zero-order valence-corrected chi connectivity index (χ0v) is 35.9. The average molecular weight is 777 g/mol. The van der Waals surface area contributed by atoms with Crippen molar-refractivity contribution >= 4 is 34.2 Å². The normalized spacial score (nSPS) is 16.4. The largest absolute Gasteiger partial charge is 0.378 e. The molecule has 0 aliphatic carbocycles. The molecule has 2 fully saturated rings. The summed E-state index contributed by atoms with van der Waals surface area (Å²) in [6, 6.07) is 24.2. The SMILES string of the molecule is C/C=C(\C)c1cccc(C(=O)CC)c1.C\C=C/N=C(/C(=C/CC)Nc1ccc(N2CCOCC2)cc1)C(C)C.Cc1ccc(C(=O)CCNC2CCCCO2)cc1. The van der Waals surface area contributed by atoms with Gasteiger partial charge in [-0.25, -0.2) is 0 Å². The summed E-state index contributed by atoms with van der Waals surface area (Å²) in [5.41, 5.74) is 9.64. The number of morpholine rings is 1. The van der Waals surface area contributed by atoms with Crippen molar-refractivity contribution in [2.75, 3.05) is 49.7 Å². The molecule has 8 heteroatoms. The minimum atomic E-state index is 0.143. The number of rotatable bonds is 15. The highest BCUT2D eigenvalue weighted by Crippen LogP contribution is 2.22. The molecule has 0 saturated carbocycles. The Morgan fingerprint density at radius 1 is 0.895 bits per heavy atom. The molecule has 2 heterocycles. The predicted molar refractivity (Wildman–Crippen MR) is 241 cm³/mol. The monoisotopic (exact) mass is 777 g/mol. The molecule has 308 valence electrons. The van der Waals surface area contributed by atoms with Crippen LogP contribution < -0.4 is 15.5 Å². The Kier molecular flexibility index (Phi) is 21.6. The third-order valence-electron chi connectivity index (χ3n) is 9.79. The number of aryl methyl sites for hydroxylation is 1. The van der Waals surface area contributed by atoms with Crippen LogP contribution in [0.3, 0.4) is 0 Å². The summed E-state index contributed by atoms with van der Waals surface area (Å²) < 4.78 is 11.0. The van der Waals surface area contributed by atoms with Crippen molar-refractivity contribution in [2.45, 2.75) is 100 Å². The van der Waals surface area contributed by atoms with Gasteiger partial charge in [0.25, 0.3) is 0 Å². The molecule has 0 amide bonds. The van der Waals surface area contributed by atoms with Crippen LogP contribution in [0.25, 0.3) is 5.57 Å². The van der Waals surface area contributed by atoms with Gasteiger partial charge >= 0.3 is 0 Å². The number of anilines is 2. The van der Waals surface area contributed by atoms with Crippen LogP contribution in [0.15, 0.2) is 108 Å². The Morgan fingerprint density at radius 3 is 2.19 bits per heavy atom. The number of allylic oxidation sites excluding steroid dienone is 5. The number of nitrogens with one attached hydrogen (secondary N) is 2. The minimum Gasteiger partial charge on any atom is -0.378 e. The van der Waals surface area contributed by atoms with E-state index < -0.39 is 0 Å². The Balaban J connectivity index is 0.000000240. The number of carbonyl (C=O) groups excluding carboxylic acids is 2. The highest BCUT2D eigenvalue weighted by atomic mass is 16.5. The second kappa shape index (κ2) is 26.3. The highest BCUT2D eigenvalue weighted by molar-refractivity contribution is 6.04. The second-order valence-electron chi connectivity index (χ2n) is 14.6. The van der Waals surface area contributed by atoms with Gasteiger partial charge in [0.1, 0.15) is 6.23 Å². The lowest BCUT2D eigenvalue weighted by Gasteiger charge is -2.29. The van der Waals surface area contributed by atoms with Gasteiger partial charge in [0.05, 0.1) is 24.6 Å². The van der Waals surface area contributed by atoms with Crippen LogP contribution in [0.2, 0.25) is 0 Å². The average Bonchev–Trinajstić information content (AvgIpc) is 3.25. The van der Waals surface area contributed by atoms with E-state index in [4.69, 9.17) is 9.47 Å². The van der Waals surface area contributed by atoms with Crippen LogP contribution in [0.5, 0.6) is 0 Å². The summed E-state index contributed by atoms with van der Waals surface area (Å²) in [4.78, 5) is 30.4. The molecule has 0 spiro atoms. The van der Waals surface area contributed by atoms with E-state index in [9.17, 15) is 9.59 Å². The van der Waals surface area contributed by atoms with Crippen molar-refractivity contribution in [3.8, 4) is 0 Å². The molecule has 1 unspecified atom stereocenters. The number of carbonyl (C=O) groups is 2. The zero-order chi connectivity index (χ0) is 41.4. The molecule has 3 aromatic rings. The van der Waals surface area contributed by atoms with Gasteiger partial charge in [0, 0.05) is 67.8 Å². The molecule has 2 aliphatic heterocycles. The molecule has 2 N–H and O–H groups in total. The molecule has 2 saturated heterocycles. The highest BCUT2D eigenvalue weighted by Gasteiger charge is 2.15. The Labute approximate surface area is 343 Å². The zero-order valence-electron chi connectivity index (χ0n) is 35.9. The molecule has 2 aliphatic rings. The first-order valence-electron chi connectivity index (χ1n) is 20.9. The molecular formula is C49H68N4O4. The number of benzene rings is 3. The summed E-state index contributed by atoms with van der Waals surface area (Å²) >= 11 is 0. The first kappa shape index (κ1) is 46.8. The minimum absolute atomic E-state index is 0.143. The molecule has 57 heavy (non-hydrogen) atoms. The van der Waals surface area contributed by atoms with Crippen LogP contribution >= 0.6 is 0 Å². The third kappa shape index (κ3) is 16.8. The summed E-state index contributed by atoms with van der Waals surface area (Å²) in [6.45, 7) is 21.5. The van der Waals surface area contributed by atoms with E-state index in [-0.39, 0.29) is 17.8 Å². The van der Waals surface area contributed by atoms with Crippen LogP contribution in [-0.4, -0.2) is 63.0 Å². The maximum absolute atomic E-state index is 11.9. The maximum atomic E-state index is 11.9. The van der Waals surface area contributed by atoms with E-state index in [0.717, 1.165) is 86.0 Å². The molecule has 0 bridgehead atoms.